The van der Waals surface area contributed by atoms with E-state index < -0.39 is 0 Å². The van der Waals surface area contributed by atoms with Gasteiger partial charge in [-0.25, -0.2) is 4.79 Å². The van der Waals surface area contributed by atoms with Gasteiger partial charge in [-0.2, -0.15) is 14.7 Å². The Hall–Kier alpha value is -9.04. The first kappa shape index (κ1) is 47.0. The SMILES string of the molecule is COc1ccc(N(C)C(=O)c2cc3ccccc3c(N=Nc3ccc(N(c4ccccc4)c4ccc(N=Nc5c(OC)c([N+](C)(C=O)c6ccc(CO)cc6)cc6ccccc56)cc4)cc3)c2OC)cc1. The number of methoxy groups -OCH3 is 3. The Morgan fingerprint density at radius 1 is 0.563 bits per heavy atom. The van der Waals surface area contributed by atoms with E-state index in [0.29, 0.717) is 62.6 Å². The van der Waals surface area contributed by atoms with E-state index in [-0.39, 0.29) is 17.0 Å². The zero-order chi connectivity index (χ0) is 49.5. The minimum absolute atomic E-state index is 0.106. The monoisotopic (exact) mass is 940 g/mol. The van der Waals surface area contributed by atoms with E-state index in [1.165, 1.54) is 7.11 Å². The standard InChI is InChI=1S/C58H50N7O6/c1-63(44-29-33-49(69-3)34-30-44)58(68)52-35-40-13-9-11-17-50(40)54(56(52)70-4)61-59-42-21-25-46(26-22-42)64(45-15-7-6-8-16-45)47-27-23-43(24-28-47)60-62-55-51-18-12-10-14-41(51)36-53(57(55)71-5)65(2,38-67)48-31-19-39(37-66)20-32-48/h6-36,38,66H,37H2,1-5H3/q+1. The van der Waals surface area contributed by atoms with Crippen molar-refractivity contribution in [2.24, 2.45) is 20.5 Å². The summed E-state index contributed by atoms with van der Waals surface area (Å²) in [6, 6.07) is 59.3. The van der Waals surface area contributed by atoms with Crippen LogP contribution in [-0.4, -0.2) is 52.8 Å². The number of azo groups is 2. The molecule has 0 fully saturated rings. The number of hydrogen-bond donors (Lipinski definition) is 1. The van der Waals surface area contributed by atoms with Gasteiger partial charge in [-0.05, 0) is 107 Å². The molecule has 0 bridgehead atoms. The third-order valence-electron chi connectivity index (χ3n) is 12.5. The highest BCUT2D eigenvalue weighted by Crippen LogP contribution is 2.49. The van der Waals surface area contributed by atoms with Crippen molar-refractivity contribution in [2.75, 3.05) is 45.2 Å². The van der Waals surface area contributed by atoms with Crippen molar-refractivity contribution >= 4 is 90.7 Å². The molecule has 1 N–H and O–H groups in total. The van der Waals surface area contributed by atoms with Gasteiger partial charge in [0.05, 0.1) is 51.9 Å². The van der Waals surface area contributed by atoms with Crippen LogP contribution in [0.3, 0.4) is 0 Å². The third-order valence-corrected chi connectivity index (χ3v) is 12.5. The molecule has 13 heteroatoms. The highest BCUT2D eigenvalue weighted by molar-refractivity contribution is 6.13. The number of aliphatic hydroxyl groups is 1. The molecule has 9 rings (SSSR count). The van der Waals surface area contributed by atoms with Gasteiger partial charge in [-0.15, -0.1) is 10.2 Å². The second kappa shape index (κ2) is 20.7. The molecule has 9 aromatic carbocycles. The first-order valence-corrected chi connectivity index (χ1v) is 22.7. The summed E-state index contributed by atoms with van der Waals surface area (Å²) in [7, 11) is 8.20. The first-order chi connectivity index (χ1) is 34.7. The molecule has 0 radical (unpaired) electrons. The number of rotatable bonds is 16. The molecule has 71 heavy (non-hydrogen) atoms. The number of amides is 2. The summed E-state index contributed by atoms with van der Waals surface area (Å²) < 4.78 is 17.0. The van der Waals surface area contributed by atoms with Crippen LogP contribution >= 0.6 is 0 Å². The molecule has 9 aromatic rings. The van der Waals surface area contributed by atoms with Crippen LogP contribution in [0.15, 0.2) is 209 Å². The van der Waals surface area contributed by atoms with Crippen molar-refractivity contribution < 1.29 is 28.9 Å². The molecule has 0 aliphatic rings. The summed E-state index contributed by atoms with van der Waals surface area (Å²) in [5.74, 6) is 1.15. The van der Waals surface area contributed by atoms with Gasteiger partial charge >= 0.3 is 6.41 Å². The Kier molecular flexibility index (Phi) is 13.7. The Bertz CT molecular complexity index is 3420. The molecule has 1 unspecified atom stereocenters. The van der Waals surface area contributed by atoms with Crippen molar-refractivity contribution in [2.45, 2.75) is 6.61 Å². The number of quaternary nitrogens is 1. The number of ether oxygens (including phenoxy) is 3. The van der Waals surface area contributed by atoms with Crippen LogP contribution in [0, 0.1) is 0 Å². The molecule has 0 saturated heterocycles. The predicted octanol–water partition coefficient (Wildman–Crippen LogP) is 14.5. The molecule has 0 heterocycles. The lowest BCUT2D eigenvalue weighted by Gasteiger charge is -2.28. The predicted molar refractivity (Wildman–Crippen MR) is 282 cm³/mol. The number of para-hydroxylation sites is 1. The maximum Gasteiger partial charge on any atom is 0.311 e. The smallest absolute Gasteiger partial charge is 0.311 e. The summed E-state index contributed by atoms with van der Waals surface area (Å²) >= 11 is 0. The average molecular weight is 941 g/mol. The number of hydrogen-bond acceptors (Lipinski definition) is 11. The van der Waals surface area contributed by atoms with E-state index in [0.717, 1.165) is 50.6 Å². The van der Waals surface area contributed by atoms with E-state index in [1.807, 2.05) is 176 Å². The largest absolute Gasteiger partial charge is 0.497 e. The van der Waals surface area contributed by atoms with Crippen LogP contribution in [0.5, 0.6) is 17.2 Å². The van der Waals surface area contributed by atoms with E-state index in [2.05, 4.69) is 10.0 Å². The van der Waals surface area contributed by atoms with Gasteiger partial charge in [0.15, 0.2) is 11.4 Å². The molecule has 0 aliphatic carbocycles. The van der Waals surface area contributed by atoms with E-state index in [9.17, 15) is 14.7 Å². The zero-order valence-corrected chi connectivity index (χ0v) is 39.8. The number of anilines is 4. The van der Waals surface area contributed by atoms with Crippen LogP contribution in [0.1, 0.15) is 15.9 Å². The van der Waals surface area contributed by atoms with Crippen LogP contribution in [-0.2, 0) is 11.4 Å². The summed E-state index contributed by atoms with van der Waals surface area (Å²) in [5.41, 5.74) is 7.84. The average Bonchev–Trinajstić information content (AvgIpc) is 3.43. The minimum Gasteiger partial charge on any atom is -0.497 e. The normalized spacial score (nSPS) is 12.3. The van der Waals surface area contributed by atoms with E-state index in [4.69, 9.17) is 29.6 Å². The zero-order valence-electron chi connectivity index (χ0n) is 39.8. The topological polar surface area (TPSA) is 138 Å². The maximum absolute atomic E-state index is 14.1. The van der Waals surface area contributed by atoms with Crippen molar-refractivity contribution in [3.05, 3.63) is 199 Å². The van der Waals surface area contributed by atoms with Gasteiger partial charge in [0.1, 0.15) is 22.8 Å². The lowest BCUT2D eigenvalue weighted by atomic mass is 10.0. The second-order valence-electron chi connectivity index (χ2n) is 16.7. The summed E-state index contributed by atoms with van der Waals surface area (Å²) in [4.78, 5) is 30.8. The van der Waals surface area contributed by atoms with Crippen molar-refractivity contribution in [1.29, 1.82) is 0 Å². The Labute approximate surface area is 411 Å². The van der Waals surface area contributed by atoms with E-state index >= 15 is 0 Å². The number of fused-ring (bicyclic) bond motifs is 2. The fourth-order valence-electron chi connectivity index (χ4n) is 8.56. The third kappa shape index (κ3) is 9.42. The Balaban J connectivity index is 1.02. The van der Waals surface area contributed by atoms with Crippen LogP contribution < -0.4 is 28.5 Å². The van der Waals surface area contributed by atoms with Gasteiger partial charge in [0.2, 0.25) is 5.75 Å². The summed E-state index contributed by atoms with van der Waals surface area (Å²) in [5, 5.41) is 31.8. The quantitative estimate of drug-likeness (QED) is 0.0578. The van der Waals surface area contributed by atoms with Crippen LogP contribution in [0.2, 0.25) is 0 Å². The molecule has 0 saturated carbocycles. The molecular weight excluding hydrogens is 891 g/mol. The van der Waals surface area contributed by atoms with Crippen molar-refractivity contribution in [3.8, 4) is 17.2 Å². The van der Waals surface area contributed by atoms with Crippen molar-refractivity contribution in [3.63, 3.8) is 0 Å². The number of aliphatic hydroxyl groups excluding tert-OH is 1. The highest BCUT2D eigenvalue weighted by Gasteiger charge is 2.34. The van der Waals surface area contributed by atoms with Crippen LogP contribution in [0.4, 0.5) is 56.9 Å². The Morgan fingerprint density at radius 2 is 1.06 bits per heavy atom. The lowest BCUT2D eigenvalue weighted by Crippen LogP contribution is -2.38. The number of carbonyl (C=O) groups is 2. The number of nitrogens with zero attached hydrogens (tertiary/aromatic N) is 7. The molecule has 0 aromatic heterocycles. The number of benzene rings is 9. The first-order valence-electron chi connectivity index (χ1n) is 22.7. The summed E-state index contributed by atoms with van der Waals surface area (Å²) in [6.07, 6.45) is 0.852. The fraction of sp³-hybridized carbons (Fsp3) is 0.103. The van der Waals surface area contributed by atoms with Gasteiger partial charge in [0.25, 0.3) is 5.91 Å². The minimum atomic E-state index is -0.268. The molecule has 2 amide bonds. The molecule has 1 atom stereocenters. The van der Waals surface area contributed by atoms with Gasteiger partial charge in [-0.3, -0.25) is 4.79 Å². The lowest BCUT2D eigenvalue weighted by molar-refractivity contribution is -0.114. The van der Waals surface area contributed by atoms with Gasteiger partial charge in [0, 0.05) is 58.8 Å². The second-order valence-corrected chi connectivity index (χ2v) is 16.7. The molecule has 0 aliphatic heterocycles. The van der Waals surface area contributed by atoms with Crippen LogP contribution in [0.25, 0.3) is 21.5 Å². The van der Waals surface area contributed by atoms with E-state index in [1.54, 1.807) is 45.3 Å². The van der Waals surface area contributed by atoms with Gasteiger partial charge in [-0.1, -0.05) is 78.9 Å². The van der Waals surface area contributed by atoms with Gasteiger partial charge < -0.3 is 29.1 Å². The molecule has 13 nitrogen and oxygen atoms in total. The maximum atomic E-state index is 14.1. The fourth-order valence-corrected chi connectivity index (χ4v) is 8.56. The summed E-state index contributed by atoms with van der Waals surface area (Å²) in [6.45, 7) is -0.106. The Morgan fingerprint density at radius 3 is 1.58 bits per heavy atom. The highest BCUT2D eigenvalue weighted by atomic mass is 16.5. The molecular formula is C58H50N7O6+. The molecule has 0 spiro atoms. The number of carbonyl (C=O) groups excluding carboxylic acids is 2. The van der Waals surface area contributed by atoms with Crippen molar-refractivity contribution in [1.82, 2.24) is 4.48 Å². The molecule has 352 valence electrons.